The van der Waals surface area contributed by atoms with E-state index < -0.39 is 0 Å². The smallest absolute Gasteiger partial charge is 0.0702 e. The summed E-state index contributed by atoms with van der Waals surface area (Å²) >= 11 is 0. The fourth-order valence-electron chi connectivity index (χ4n) is 2.72. The lowest BCUT2D eigenvalue weighted by Gasteiger charge is -2.36. The second kappa shape index (κ2) is 8.20. The molecular weight excluding hydrogens is 240 g/mol. The predicted octanol–water partition coefficient (Wildman–Crippen LogP) is 1.63. The fraction of sp³-hybridized carbons (Fsp3) is 1.00. The van der Waals surface area contributed by atoms with Crippen molar-refractivity contribution in [3.05, 3.63) is 0 Å². The first-order valence-corrected chi connectivity index (χ1v) is 7.68. The van der Waals surface area contributed by atoms with Gasteiger partial charge in [0.2, 0.25) is 0 Å². The summed E-state index contributed by atoms with van der Waals surface area (Å²) in [4.78, 5) is 2.36. The van der Waals surface area contributed by atoms with Crippen LogP contribution in [0.1, 0.15) is 46.5 Å². The standard InChI is InChI=1S/C15H32N2O2/c1-5-8-16-15(3,12-18)10-13(2)17(4)11-14-7-6-9-19-14/h13-14,16,18H,5-12H2,1-4H3. The molecule has 114 valence electrons. The number of likely N-dealkylation sites (N-methyl/N-ethyl adjacent to an activating group) is 1. The van der Waals surface area contributed by atoms with Crippen LogP contribution in [0.2, 0.25) is 0 Å². The molecule has 19 heavy (non-hydrogen) atoms. The first-order valence-electron chi connectivity index (χ1n) is 7.68. The zero-order chi connectivity index (χ0) is 14.3. The molecule has 1 rings (SSSR count). The van der Waals surface area contributed by atoms with Gasteiger partial charge in [-0.2, -0.15) is 0 Å². The van der Waals surface area contributed by atoms with Gasteiger partial charge >= 0.3 is 0 Å². The maximum absolute atomic E-state index is 9.62. The van der Waals surface area contributed by atoms with Crippen molar-refractivity contribution < 1.29 is 9.84 Å². The second-order valence-electron chi connectivity index (χ2n) is 6.27. The lowest BCUT2D eigenvalue weighted by Crippen LogP contribution is -2.51. The number of ether oxygens (including phenoxy) is 1. The van der Waals surface area contributed by atoms with Crippen LogP contribution in [0.5, 0.6) is 0 Å². The third-order valence-corrected chi connectivity index (χ3v) is 4.16. The van der Waals surface area contributed by atoms with Crippen LogP contribution in [0.15, 0.2) is 0 Å². The highest BCUT2D eigenvalue weighted by atomic mass is 16.5. The van der Waals surface area contributed by atoms with Crippen molar-refractivity contribution in [1.29, 1.82) is 0 Å². The van der Waals surface area contributed by atoms with Crippen LogP contribution in [-0.4, -0.2) is 61.0 Å². The largest absolute Gasteiger partial charge is 0.394 e. The highest BCUT2D eigenvalue weighted by Crippen LogP contribution is 2.18. The normalized spacial score (nSPS) is 24.6. The van der Waals surface area contributed by atoms with E-state index in [1.54, 1.807) is 0 Å². The molecule has 0 saturated carbocycles. The average molecular weight is 272 g/mol. The minimum absolute atomic E-state index is 0.180. The average Bonchev–Trinajstić information content (AvgIpc) is 2.89. The van der Waals surface area contributed by atoms with E-state index in [0.717, 1.165) is 32.5 Å². The Morgan fingerprint density at radius 3 is 2.79 bits per heavy atom. The predicted molar refractivity (Wildman–Crippen MR) is 79.5 cm³/mol. The van der Waals surface area contributed by atoms with Crippen molar-refractivity contribution >= 4 is 0 Å². The van der Waals surface area contributed by atoms with Gasteiger partial charge in [0, 0.05) is 24.7 Å². The van der Waals surface area contributed by atoms with Gasteiger partial charge in [-0.05, 0) is 53.1 Å². The van der Waals surface area contributed by atoms with Crippen molar-refractivity contribution in [3.63, 3.8) is 0 Å². The molecule has 3 atom stereocenters. The number of rotatable bonds is 9. The fourth-order valence-corrected chi connectivity index (χ4v) is 2.72. The van der Waals surface area contributed by atoms with E-state index in [1.807, 2.05) is 0 Å². The summed E-state index contributed by atoms with van der Waals surface area (Å²) in [7, 11) is 2.16. The number of hydrogen-bond acceptors (Lipinski definition) is 4. The summed E-state index contributed by atoms with van der Waals surface area (Å²) < 4.78 is 5.69. The van der Waals surface area contributed by atoms with E-state index in [0.29, 0.717) is 12.1 Å². The molecule has 1 fully saturated rings. The Balaban J connectivity index is 2.39. The first kappa shape index (κ1) is 16.9. The van der Waals surface area contributed by atoms with E-state index in [9.17, 15) is 5.11 Å². The summed E-state index contributed by atoms with van der Waals surface area (Å²) in [5.74, 6) is 0. The monoisotopic (exact) mass is 272 g/mol. The molecule has 3 unspecified atom stereocenters. The molecule has 4 heteroatoms. The summed E-state index contributed by atoms with van der Waals surface area (Å²) in [6.07, 6.45) is 4.82. The van der Waals surface area contributed by atoms with Gasteiger partial charge in [0.1, 0.15) is 0 Å². The number of aliphatic hydroxyl groups excluding tert-OH is 1. The molecule has 1 aliphatic rings. The van der Waals surface area contributed by atoms with E-state index in [1.165, 1.54) is 12.8 Å². The van der Waals surface area contributed by atoms with Gasteiger partial charge < -0.3 is 20.1 Å². The Labute approximate surface area is 118 Å². The number of nitrogens with one attached hydrogen (secondary N) is 1. The molecule has 0 bridgehead atoms. The van der Waals surface area contributed by atoms with Gasteiger partial charge in [-0.25, -0.2) is 0 Å². The molecule has 1 saturated heterocycles. The summed E-state index contributed by atoms with van der Waals surface area (Å²) in [5.41, 5.74) is -0.180. The van der Waals surface area contributed by atoms with Crippen LogP contribution in [0, 0.1) is 0 Å². The van der Waals surface area contributed by atoms with Crippen molar-refractivity contribution in [2.45, 2.75) is 64.1 Å². The van der Waals surface area contributed by atoms with Crippen LogP contribution < -0.4 is 5.32 Å². The Morgan fingerprint density at radius 1 is 1.53 bits per heavy atom. The minimum atomic E-state index is -0.180. The lowest BCUT2D eigenvalue weighted by molar-refractivity contribution is 0.0587. The van der Waals surface area contributed by atoms with Crippen LogP contribution in [0.25, 0.3) is 0 Å². The quantitative estimate of drug-likeness (QED) is 0.669. The Hall–Kier alpha value is -0.160. The van der Waals surface area contributed by atoms with Gasteiger partial charge in [0.25, 0.3) is 0 Å². The SMILES string of the molecule is CCCNC(C)(CO)CC(C)N(C)CC1CCCO1. The molecule has 0 aromatic heterocycles. The molecule has 4 nitrogen and oxygen atoms in total. The van der Waals surface area contributed by atoms with E-state index in [2.05, 4.69) is 38.0 Å². The third-order valence-electron chi connectivity index (χ3n) is 4.16. The van der Waals surface area contributed by atoms with E-state index in [4.69, 9.17) is 4.74 Å². The highest BCUT2D eigenvalue weighted by Gasteiger charge is 2.28. The van der Waals surface area contributed by atoms with E-state index in [-0.39, 0.29) is 12.1 Å². The molecular formula is C15H32N2O2. The first-order chi connectivity index (χ1) is 9.00. The molecule has 0 aliphatic carbocycles. The topological polar surface area (TPSA) is 44.7 Å². The van der Waals surface area contributed by atoms with Gasteiger partial charge in [0.05, 0.1) is 12.7 Å². The molecule has 0 radical (unpaired) electrons. The summed E-state index contributed by atoms with van der Waals surface area (Å²) in [6, 6.07) is 0.436. The molecule has 0 aromatic rings. The van der Waals surface area contributed by atoms with Crippen molar-refractivity contribution in [2.24, 2.45) is 0 Å². The van der Waals surface area contributed by atoms with Crippen molar-refractivity contribution in [3.8, 4) is 0 Å². The third kappa shape index (κ3) is 5.78. The molecule has 0 spiro atoms. The van der Waals surface area contributed by atoms with Crippen LogP contribution in [0.4, 0.5) is 0 Å². The minimum Gasteiger partial charge on any atom is -0.394 e. The Morgan fingerprint density at radius 2 is 2.26 bits per heavy atom. The number of hydrogen-bond donors (Lipinski definition) is 2. The molecule has 1 aliphatic heterocycles. The second-order valence-corrected chi connectivity index (χ2v) is 6.27. The van der Waals surface area contributed by atoms with Crippen LogP contribution in [0.3, 0.4) is 0 Å². The zero-order valence-corrected chi connectivity index (χ0v) is 13.1. The number of aliphatic hydroxyl groups is 1. The molecule has 0 aromatic carbocycles. The van der Waals surface area contributed by atoms with Gasteiger partial charge in [-0.3, -0.25) is 0 Å². The number of nitrogens with zero attached hydrogens (tertiary/aromatic N) is 1. The van der Waals surface area contributed by atoms with Gasteiger partial charge in [0.15, 0.2) is 0 Å². The lowest BCUT2D eigenvalue weighted by atomic mass is 9.93. The maximum Gasteiger partial charge on any atom is 0.0702 e. The zero-order valence-electron chi connectivity index (χ0n) is 13.1. The van der Waals surface area contributed by atoms with Gasteiger partial charge in [-0.15, -0.1) is 0 Å². The van der Waals surface area contributed by atoms with Crippen LogP contribution >= 0.6 is 0 Å². The Bertz CT molecular complexity index is 244. The molecule has 1 heterocycles. The molecule has 2 N–H and O–H groups in total. The van der Waals surface area contributed by atoms with Crippen LogP contribution in [-0.2, 0) is 4.74 Å². The highest BCUT2D eigenvalue weighted by molar-refractivity contribution is 4.87. The summed E-state index contributed by atoms with van der Waals surface area (Å²) in [6.45, 7) is 9.55. The maximum atomic E-state index is 9.62. The van der Waals surface area contributed by atoms with E-state index >= 15 is 0 Å². The van der Waals surface area contributed by atoms with Gasteiger partial charge in [-0.1, -0.05) is 6.92 Å². The molecule has 0 amide bonds. The summed E-state index contributed by atoms with van der Waals surface area (Å²) in [5, 5.41) is 13.1. The van der Waals surface area contributed by atoms with Crippen molar-refractivity contribution in [2.75, 3.05) is 33.4 Å². The Kier molecular flexibility index (Phi) is 7.29. The van der Waals surface area contributed by atoms with Crippen molar-refractivity contribution in [1.82, 2.24) is 10.2 Å².